The number of halogens is 1. The van der Waals surface area contributed by atoms with Crippen molar-refractivity contribution in [2.75, 3.05) is 0 Å². The van der Waals surface area contributed by atoms with Crippen molar-refractivity contribution in [3.63, 3.8) is 0 Å². The first-order valence-corrected chi connectivity index (χ1v) is 10.2. The van der Waals surface area contributed by atoms with E-state index in [0.717, 1.165) is 21.3 Å². The fourth-order valence-electron chi connectivity index (χ4n) is 2.85. The van der Waals surface area contributed by atoms with Crippen LogP contribution in [0.1, 0.15) is 11.1 Å². The molecule has 0 aliphatic rings. The van der Waals surface area contributed by atoms with Gasteiger partial charge in [0.2, 0.25) is 0 Å². The second kappa shape index (κ2) is 8.06. The Balaban J connectivity index is 1.75. The fourth-order valence-corrected chi connectivity index (χ4v) is 4.23. The van der Waals surface area contributed by atoms with E-state index in [1.54, 1.807) is 28.7 Å². The number of hydrogen-bond donors (Lipinski definition) is 0. The molecule has 0 atom stereocenters. The van der Waals surface area contributed by atoms with Gasteiger partial charge in [0.1, 0.15) is 0 Å². The second-order valence-corrected chi connectivity index (χ2v) is 7.94. The van der Waals surface area contributed by atoms with E-state index in [2.05, 4.69) is 33.0 Å². The quantitative estimate of drug-likeness (QED) is 0.329. The molecule has 0 unspecified atom stereocenters. The first-order valence-electron chi connectivity index (χ1n) is 8.46. The molecule has 0 N–H and O–H groups in total. The van der Waals surface area contributed by atoms with Crippen LogP contribution in [0.5, 0.6) is 0 Å². The standard InChI is InChI=1S/C21H16BrN3OS/c22-17-7-3-5-15(11-17)14-27-21-24-19-9-2-1-8-18(19)20(26)25(21)13-16-6-4-10-23-12-16/h1-12H,13-14H2. The minimum atomic E-state index is -0.0267. The van der Waals surface area contributed by atoms with Gasteiger partial charge in [-0.2, -0.15) is 0 Å². The molecule has 134 valence electrons. The van der Waals surface area contributed by atoms with Crippen LogP contribution >= 0.6 is 27.7 Å². The smallest absolute Gasteiger partial charge is 0.262 e. The van der Waals surface area contributed by atoms with E-state index in [-0.39, 0.29) is 5.56 Å². The number of para-hydroxylation sites is 1. The molecular weight excluding hydrogens is 422 g/mol. The van der Waals surface area contributed by atoms with Crippen LogP contribution in [0.15, 0.2) is 87.5 Å². The molecule has 0 saturated heterocycles. The molecule has 4 rings (SSSR count). The summed E-state index contributed by atoms with van der Waals surface area (Å²) in [7, 11) is 0. The van der Waals surface area contributed by atoms with Gasteiger partial charge in [0.05, 0.1) is 17.4 Å². The number of rotatable bonds is 5. The van der Waals surface area contributed by atoms with Crippen molar-refractivity contribution >= 4 is 38.6 Å². The Hall–Kier alpha value is -2.44. The normalized spacial score (nSPS) is 11.0. The molecule has 0 aliphatic heterocycles. The van der Waals surface area contributed by atoms with Crippen LogP contribution < -0.4 is 5.56 Å². The molecule has 0 spiro atoms. The lowest BCUT2D eigenvalue weighted by atomic mass is 10.2. The lowest BCUT2D eigenvalue weighted by Gasteiger charge is -2.13. The molecule has 0 aliphatic carbocycles. The molecule has 0 radical (unpaired) electrons. The molecule has 4 nitrogen and oxygen atoms in total. The average Bonchev–Trinajstić information content (AvgIpc) is 2.70. The van der Waals surface area contributed by atoms with E-state index >= 15 is 0 Å². The van der Waals surface area contributed by atoms with Gasteiger partial charge in [0, 0.05) is 22.6 Å². The van der Waals surface area contributed by atoms with Gasteiger partial charge in [0.15, 0.2) is 5.16 Å². The predicted molar refractivity (Wildman–Crippen MR) is 113 cm³/mol. The van der Waals surface area contributed by atoms with Gasteiger partial charge in [-0.15, -0.1) is 0 Å². The number of aromatic nitrogens is 3. The molecule has 4 aromatic rings. The lowest BCUT2D eigenvalue weighted by molar-refractivity contribution is 0.656. The van der Waals surface area contributed by atoms with E-state index in [9.17, 15) is 4.79 Å². The minimum absolute atomic E-state index is 0.0267. The Morgan fingerprint density at radius 2 is 1.85 bits per heavy atom. The van der Waals surface area contributed by atoms with Crippen LogP contribution in [0.2, 0.25) is 0 Å². The summed E-state index contributed by atoms with van der Waals surface area (Å²) in [6.07, 6.45) is 3.51. The maximum atomic E-state index is 13.1. The average molecular weight is 438 g/mol. The topological polar surface area (TPSA) is 47.8 Å². The zero-order valence-corrected chi connectivity index (χ0v) is 16.8. The minimum Gasteiger partial charge on any atom is -0.283 e. The highest BCUT2D eigenvalue weighted by molar-refractivity contribution is 9.10. The summed E-state index contributed by atoms with van der Waals surface area (Å²) < 4.78 is 2.78. The van der Waals surface area contributed by atoms with Gasteiger partial charge < -0.3 is 0 Å². The van der Waals surface area contributed by atoms with Crippen molar-refractivity contribution in [2.24, 2.45) is 0 Å². The molecule has 2 aromatic heterocycles. The van der Waals surface area contributed by atoms with Crippen molar-refractivity contribution < 1.29 is 0 Å². The maximum absolute atomic E-state index is 13.1. The SMILES string of the molecule is O=c1c2ccccc2nc(SCc2cccc(Br)c2)n1Cc1cccnc1. The van der Waals surface area contributed by atoms with E-state index in [0.29, 0.717) is 17.1 Å². The highest BCUT2D eigenvalue weighted by Crippen LogP contribution is 2.24. The molecule has 6 heteroatoms. The fraction of sp³-hybridized carbons (Fsp3) is 0.0952. The number of hydrogen-bond acceptors (Lipinski definition) is 4. The summed E-state index contributed by atoms with van der Waals surface area (Å²) in [5.41, 5.74) is 2.84. The Morgan fingerprint density at radius 1 is 1.00 bits per heavy atom. The van der Waals surface area contributed by atoms with Crippen LogP contribution in [0.4, 0.5) is 0 Å². The third kappa shape index (κ3) is 4.12. The number of pyridine rings is 1. The molecule has 0 fully saturated rings. The predicted octanol–water partition coefficient (Wildman–Crippen LogP) is 4.89. The largest absolute Gasteiger partial charge is 0.283 e. The van der Waals surface area contributed by atoms with E-state index in [1.807, 2.05) is 48.5 Å². The number of thioether (sulfide) groups is 1. The van der Waals surface area contributed by atoms with E-state index < -0.39 is 0 Å². The summed E-state index contributed by atoms with van der Waals surface area (Å²) in [5.74, 6) is 0.733. The second-order valence-electron chi connectivity index (χ2n) is 6.08. The van der Waals surface area contributed by atoms with Crippen molar-refractivity contribution in [3.05, 3.63) is 99.0 Å². The van der Waals surface area contributed by atoms with E-state index in [1.165, 1.54) is 5.56 Å². The Bertz CT molecular complexity index is 1140. The van der Waals surface area contributed by atoms with Gasteiger partial charge >= 0.3 is 0 Å². The first kappa shape index (κ1) is 17.9. The van der Waals surface area contributed by atoms with Crippen LogP contribution in [0, 0.1) is 0 Å². The van der Waals surface area contributed by atoms with Crippen molar-refractivity contribution in [1.82, 2.24) is 14.5 Å². The molecule has 0 amide bonds. The van der Waals surface area contributed by atoms with Gasteiger partial charge in [0.25, 0.3) is 5.56 Å². The van der Waals surface area contributed by atoms with Crippen molar-refractivity contribution in [2.45, 2.75) is 17.5 Å². The molecule has 0 bridgehead atoms. The zero-order chi connectivity index (χ0) is 18.6. The number of nitrogens with zero attached hydrogens (tertiary/aromatic N) is 3. The van der Waals surface area contributed by atoms with Crippen molar-refractivity contribution in [1.29, 1.82) is 0 Å². The third-order valence-corrected chi connectivity index (χ3v) is 5.69. The summed E-state index contributed by atoms with van der Waals surface area (Å²) in [5, 5.41) is 1.34. The van der Waals surface area contributed by atoms with Gasteiger partial charge in [-0.05, 0) is 41.5 Å². The lowest BCUT2D eigenvalue weighted by Crippen LogP contribution is -2.24. The number of benzene rings is 2. The maximum Gasteiger partial charge on any atom is 0.262 e. The molecule has 0 saturated carbocycles. The van der Waals surface area contributed by atoms with Crippen LogP contribution in [-0.2, 0) is 12.3 Å². The molecule has 2 heterocycles. The summed E-state index contributed by atoms with van der Waals surface area (Å²) >= 11 is 5.07. The van der Waals surface area contributed by atoms with Gasteiger partial charge in [-0.3, -0.25) is 14.3 Å². The monoisotopic (exact) mass is 437 g/mol. The third-order valence-electron chi connectivity index (χ3n) is 4.15. The van der Waals surface area contributed by atoms with Crippen LogP contribution in [-0.4, -0.2) is 14.5 Å². The van der Waals surface area contributed by atoms with Gasteiger partial charge in [-0.25, -0.2) is 4.98 Å². The van der Waals surface area contributed by atoms with Crippen LogP contribution in [0.25, 0.3) is 10.9 Å². The Morgan fingerprint density at radius 3 is 2.67 bits per heavy atom. The Labute approximate surface area is 169 Å². The van der Waals surface area contributed by atoms with Crippen LogP contribution in [0.3, 0.4) is 0 Å². The highest BCUT2D eigenvalue weighted by Gasteiger charge is 2.12. The first-order chi connectivity index (χ1) is 13.2. The number of fused-ring (bicyclic) bond motifs is 1. The van der Waals surface area contributed by atoms with E-state index in [4.69, 9.17) is 4.98 Å². The summed E-state index contributed by atoms with van der Waals surface area (Å²) in [4.78, 5) is 22.0. The molecular formula is C21H16BrN3OS. The molecule has 27 heavy (non-hydrogen) atoms. The van der Waals surface area contributed by atoms with Gasteiger partial charge in [-0.1, -0.05) is 58.0 Å². The summed E-state index contributed by atoms with van der Waals surface area (Å²) in [6, 6.07) is 19.5. The Kier molecular flexibility index (Phi) is 5.36. The molecule has 2 aromatic carbocycles. The summed E-state index contributed by atoms with van der Waals surface area (Å²) in [6.45, 7) is 0.450. The zero-order valence-electron chi connectivity index (χ0n) is 14.4. The van der Waals surface area contributed by atoms with Crippen molar-refractivity contribution in [3.8, 4) is 0 Å². The highest BCUT2D eigenvalue weighted by atomic mass is 79.9.